The second kappa shape index (κ2) is 5.88. The molecule has 1 saturated carbocycles. The fraction of sp³-hybridized carbons (Fsp3) is 0.647. The van der Waals surface area contributed by atoms with Gasteiger partial charge in [-0.2, -0.15) is 0 Å². The Hall–Kier alpha value is -1.62. The Bertz CT molecular complexity index is 543. The van der Waals surface area contributed by atoms with Crippen LogP contribution in [0.25, 0.3) is 0 Å². The van der Waals surface area contributed by atoms with E-state index in [9.17, 15) is 9.59 Å². The third kappa shape index (κ3) is 2.70. The van der Waals surface area contributed by atoms with Gasteiger partial charge >= 0.3 is 5.97 Å². The van der Waals surface area contributed by atoms with Gasteiger partial charge in [-0.3, -0.25) is 9.59 Å². The second-order valence-corrected chi connectivity index (χ2v) is 6.53. The Morgan fingerprint density at radius 2 is 2.09 bits per heavy atom. The topological polar surface area (TPSA) is 61.8 Å². The lowest BCUT2D eigenvalue weighted by molar-refractivity contribution is -0.208. The van der Waals surface area contributed by atoms with Crippen LogP contribution in [-0.4, -0.2) is 24.3 Å². The highest BCUT2D eigenvalue weighted by Crippen LogP contribution is 2.53. The lowest BCUT2D eigenvalue weighted by atomic mass is 9.82. The van der Waals surface area contributed by atoms with Crippen molar-refractivity contribution in [3.05, 3.63) is 23.5 Å². The molecule has 1 saturated heterocycles. The van der Waals surface area contributed by atoms with Crippen LogP contribution in [0.15, 0.2) is 23.5 Å². The second-order valence-electron chi connectivity index (χ2n) is 6.53. The summed E-state index contributed by atoms with van der Waals surface area (Å²) >= 11 is 0. The minimum atomic E-state index is -0.543. The van der Waals surface area contributed by atoms with Gasteiger partial charge in [-0.25, -0.2) is 0 Å². The quantitative estimate of drug-likeness (QED) is 0.590. The monoisotopic (exact) mass is 306 g/mol. The average Bonchev–Trinajstić information content (AvgIpc) is 3.02. The summed E-state index contributed by atoms with van der Waals surface area (Å²) in [6.07, 6.45) is 4.77. The Morgan fingerprint density at radius 1 is 1.32 bits per heavy atom. The normalized spacial score (nSPS) is 35.2. The van der Waals surface area contributed by atoms with E-state index in [-0.39, 0.29) is 29.5 Å². The van der Waals surface area contributed by atoms with Crippen molar-refractivity contribution >= 4 is 11.8 Å². The summed E-state index contributed by atoms with van der Waals surface area (Å²) in [7, 11) is 0. The molecule has 0 N–H and O–H groups in total. The predicted octanol–water partition coefficient (Wildman–Crippen LogP) is 2.71. The average molecular weight is 306 g/mol. The van der Waals surface area contributed by atoms with Crippen molar-refractivity contribution in [3.63, 3.8) is 0 Å². The van der Waals surface area contributed by atoms with E-state index in [2.05, 4.69) is 0 Å². The molecule has 5 nitrogen and oxygen atoms in total. The molecule has 3 rings (SSSR count). The number of ketones is 1. The van der Waals surface area contributed by atoms with Crippen LogP contribution in [0.5, 0.6) is 0 Å². The van der Waals surface area contributed by atoms with Gasteiger partial charge in [-0.15, -0.1) is 0 Å². The molecule has 0 aromatic carbocycles. The van der Waals surface area contributed by atoms with Crippen molar-refractivity contribution in [1.29, 1.82) is 0 Å². The van der Waals surface area contributed by atoms with Gasteiger partial charge in [-0.05, 0) is 32.6 Å². The van der Waals surface area contributed by atoms with E-state index in [0.717, 1.165) is 24.0 Å². The van der Waals surface area contributed by atoms with Gasteiger partial charge in [0.15, 0.2) is 5.78 Å². The van der Waals surface area contributed by atoms with Crippen LogP contribution in [0.4, 0.5) is 0 Å². The molecule has 0 spiro atoms. The molecule has 1 aliphatic carbocycles. The maximum atomic E-state index is 12.4. The molecule has 0 aromatic rings. The van der Waals surface area contributed by atoms with Crippen LogP contribution >= 0.6 is 0 Å². The zero-order valence-electron chi connectivity index (χ0n) is 13.2. The first-order chi connectivity index (χ1) is 10.5. The molecule has 0 bridgehead atoms. The molecular formula is C17H22O5. The first-order valence-electron chi connectivity index (χ1n) is 7.82. The number of allylic oxidation sites excluding steroid dienone is 3. The minimum Gasteiger partial charge on any atom is -0.472 e. The van der Waals surface area contributed by atoms with Crippen LogP contribution < -0.4 is 0 Å². The van der Waals surface area contributed by atoms with Crippen LogP contribution in [-0.2, 0) is 23.8 Å². The maximum absolute atomic E-state index is 12.4. The standard InChI is InChI=1S/C17H22O5/c1-9(2)4-7-14(19)13-8-20-17-15-11(13)5-6-12(15)16(22-17)21-10(3)18/h4,8,11-12,15-17H,5-7H2,1-3H3/t11-,12+,15-,16+,17+/m0/s1. The van der Waals surface area contributed by atoms with E-state index in [0.29, 0.717) is 6.42 Å². The number of esters is 1. The first kappa shape index (κ1) is 15.3. The van der Waals surface area contributed by atoms with E-state index < -0.39 is 12.6 Å². The van der Waals surface area contributed by atoms with Crippen LogP contribution in [0.2, 0.25) is 0 Å². The highest BCUT2D eigenvalue weighted by atomic mass is 16.8. The molecule has 2 aliphatic heterocycles. The summed E-state index contributed by atoms with van der Waals surface area (Å²) in [5, 5.41) is 0. The van der Waals surface area contributed by atoms with E-state index in [1.807, 2.05) is 19.9 Å². The molecule has 2 heterocycles. The van der Waals surface area contributed by atoms with Crippen molar-refractivity contribution < 1.29 is 23.8 Å². The fourth-order valence-corrected chi connectivity index (χ4v) is 3.77. The molecule has 0 aromatic heterocycles. The van der Waals surface area contributed by atoms with Gasteiger partial charge in [0.1, 0.15) is 0 Å². The summed E-state index contributed by atoms with van der Waals surface area (Å²) in [6, 6.07) is 0. The van der Waals surface area contributed by atoms with Crippen molar-refractivity contribution in [1.82, 2.24) is 0 Å². The predicted molar refractivity (Wildman–Crippen MR) is 78.4 cm³/mol. The van der Waals surface area contributed by atoms with Gasteiger partial charge < -0.3 is 14.2 Å². The van der Waals surface area contributed by atoms with E-state index in [1.165, 1.54) is 6.92 Å². The highest BCUT2D eigenvalue weighted by Gasteiger charge is 2.57. The molecule has 2 fully saturated rings. The number of Topliss-reactive ketones (excluding diaryl/α,β-unsaturated/α-hetero) is 1. The largest absolute Gasteiger partial charge is 0.472 e. The minimum absolute atomic E-state index is 0.111. The molecule has 5 heteroatoms. The zero-order valence-corrected chi connectivity index (χ0v) is 13.2. The summed E-state index contributed by atoms with van der Waals surface area (Å²) in [4.78, 5) is 23.6. The first-order valence-corrected chi connectivity index (χ1v) is 7.82. The number of rotatable bonds is 4. The SMILES string of the molecule is CC(=O)O[C@@H]1O[C@H]2OC=C(C(=O)CC=C(C)C)[C@@H]3CC[C@@H]1[C@@H]23. The molecule has 120 valence electrons. The van der Waals surface area contributed by atoms with Gasteiger partial charge in [0.2, 0.25) is 12.6 Å². The van der Waals surface area contributed by atoms with Crippen molar-refractivity contribution in [2.45, 2.75) is 52.6 Å². The van der Waals surface area contributed by atoms with Gasteiger partial charge in [0.25, 0.3) is 0 Å². The number of hydrogen-bond acceptors (Lipinski definition) is 5. The van der Waals surface area contributed by atoms with Gasteiger partial charge in [0, 0.05) is 30.8 Å². The van der Waals surface area contributed by atoms with E-state index >= 15 is 0 Å². The lowest BCUT2D eigenvalue weighted by Crippen LogP contribution is -2.32. The van der Waals surface area contributed by atoms with Gasteiger partial charge in [-0.1, -0.05) is 11.6 Å². The zero-order chi connectivity index (χ0) is 15.9. The molecule has 0 amide bonds. The molecule has 3 aliphatic rings. The summed E-state index contributed by atoms with van der Waals surface area (Å²) in [5.74, 6) is 0.155. The lowest BCUT2D eigenvalue weighted by Gasteiger charge is -2.29. The Labute approximate surface area is 130 Å². The Kier molecular flexibility index (Phi) is 4.08. The number of hydrogen-bond donors (Lipinski definition) is 0. The van der Waals surface area contributed by atoms with Crippen molar-refractivity contribution in [2.75, 3.05) is 0 Å². The highest BCUT2D eigenvalue weighted by molar-refractivity contribution is 5.96. The van der Waals surface area contributed by atoms with Crippen molar-refractivity contribution in [3.8, 4) is 0 Å². The fourth-order valence-electron chi connectivity index (χ4n) is 3.77. The summed E-state index contributed by atoms with van der Waals surface area (Å²) in [5.41, 5.74) is 1.89. The van der Waals surface area contributed by atoms with Crippen molar-refractivity contribution in [2.24, 2.45) is 17.8 Å². The molecule has 0 unspecified atom stereocenters. The molecule has 0 radical (unpaired) electrons. The Morgan fingerprint density at radius 3 is 2.77 bits per heavy atom. The smallest absolute Gasteiger partial charge is 0.304 e. The molecular weight excluding hydrogens is 284 g/mol. The number of carbonyl (C=O) groups excluding carboxylic acids is 2. The number of carbonyl (C=O) groups is 2. The van der Waals surface area contributed by atoms with Crippen LogP contribution in [0, 0.1) is 17.8 Å². The van der Waals surface area contributed by atoms with E-state index in [4.69, 9.17) is 14.2 Å². The number of ether oxygens (including phenoxy) is 3. The Balaban J connectivity index is 1.74. The van der Waals surface area contributed by atoms with Crippen LogP contribution in [0.1, 0.15) is 40.0 Å². The summed E-state index contributed by atoms with van der Waals surface area (Å²) in [6.45, 7) is 5.34. The molecule has 22 heavy (non-hydrogen) atoms. The maximum Gasteiger partial charge on any atom is 0.304 e. The summed E-state index contributed by atoms with van der Waals surface area (Å²) < 4.78 is 16.6. The van der Waals surface area contributed by atoms with Gasteiger partial charge in [0.05, 0.1) is 6.26 Å². The van der Waals surface area contributed by atoms with E-state index in [1.54, 1.807) is 6.26 Å². The third-order valence-electron chi connectivity index (χ3n) is 4.73. The third-order valence-corrected chi connectivity index (χ3v) is 4.73. The van der Waals surface area contributed by atoms with Crippen LogP contribution in [0.3, 0.4) is 0 Å². The molecule has 5 atom stereocenters.